The van der Waals surface area contributed by atoms with Crippen LogP contribution in [-0.2, 0) is 11.8 Å². The average Bonchev–Trinajstić information content (AvgIpc) is 2.50. The van der Waals surface area contributed by atoms with Crippen LogP contribution < -0.4 is 5.32 Å². The van der Waals surface area contributed by atoms with Crippen molar-refractivity contribution in [2.45, 2.75) is 11.8 Å². The molecule has 0 saturated carbocycles. The van der Waals surface area contributed by atoms with E-state index in [-0.39, 0.29) is 0 Å². The predicted octanol–water partition coefficient (Wildman–Crippen LogP) is 2.55. The lowest BCUT2D eigenvalue weighted by molar-refractivity contribution is 1.10. The lowest BCUT2D eigenvalue weighted by Crippen LogP contribution is -1.90. The van der Waals surface area contributed by atoms with E-state index in [0.29, 0.717) is 0 Å². The summed E-state index contributed by atoms with van der Waals surface area (Å²) in [7, 11) is 0. The van der Waals surface area contributed by atoms with Crippen LogP contribution in [0.25, 0.3) is 0 Å². The minimum absolute atomic E-state index is 0.959. The summed E-state index contributed by atoms with van der Waals surface area (Å²) in [5.41, 5.74) is 4.14. The lowest BCUT2D eigenvalue weighted by atomic mass is 10.1. The highest BCUT2D eigenvalue weighted by atomic mass is 79.9. The Labute approximate surface area is 74.9 Å². The van der Waals surface area contributed by atoms with Crippen molar-refractivity contribution in [1.82, 2.24) is 0 Å². The largest absolute Gasteiger partial charge is 0.384 e. The van der Waals surface area contributed by atoms with Gasteiger partial charge in [-0.05, 0) is 23.6 Å². The molecule has 0 spiro atoms. The van der Waals surface area contributed by atoms with Gasteiger partial charge in [0.1, 0.15) is 0 Å². The Bertz CT molecular complexity index is 270. The maximum atomic E-state index is 3.45. The van der Waals surface area contributed by atoms with Crippen LogP contribution in [0, 0.1) is 0 Å². The zero-order chi connectivity index (χ0) is 7.68. The third-order valence-electron chi connectivity index (χ3n) is 2.03. The molecule has 1 N–H and O–H groups in total. The zero-order valence-corrected chi connectivity index (χ0v) is 7.82. The van der Waals surface area contributed by atoms with Gasteiger partial charge in [0.15, 0.2) is 0 Å². The standard InChI is InChI=1S/C9H10BrN/c10-6-7-1-2-9-8(5-7)3-4-11-9/h1-2,5,11H,3-4,6H2. The highest BCUT2D eigenvalue weighted by Crippen LogP contribution is 2.23. The minimum atomic E-state index is 0.959. The number of hydrogen-bond acceptors (Lipinski definition) is 1. The normalized spacial score (nSPS) is 14.3. The second-order valence-corrected chi connectivity index (χ2v) is 3.36. The van der Waals surface area contributed by atoms with Crippen molar-refractivity contribution in [3.05, 3.63) is 29.3 Å². The Morgan fingerprint density at radius 3 is 3.18 bits per heavy atom. The average molecular weight is 212 g/mol. The highest BCUT2D eigenvalue weighted by Gasteiger charge is 2.08. The molecular weight excluding hydrogens is 202 g/mol. The summed E-state index contributed by atoms with van der Waals surface area (Å²) in [5, 5.41) is 4.29. The smallest absolute Gasteiger partial charge is 0.0373 e. The summed E-state index contributed by atoms with van der Waals surface area (Å²) in [6.07, 6.45) is 1.18. The topological polar surface area (TPSA) is 12.0 Å². The van der Waals surface area contributed by atoms with E-state index in [1.165, 1.54) is 23.2 Å². The Balaban J connectivity index is 2.41. The molecule has 0 aromatic heterocycles. The molecule has 0 amide bonds. The Morgan fingerprint density at radius 1 is 1.45 bits per heavy atom. The Hall–Kier alpha value is -0.500. The molecule has 2 heteroatoms. The van der Waals surface area contributed by atoms with E-state index in [0.717, 1.165) is 11.9 Å². The molecule has 0 atom stereocenters. The number of nitrogens with one attached hydrogen (secondary N) is 1. The summed E-state index contributed by atoms with van der Waals surface area (Å²) in [6.45, 7) is 1.10. The van der Waals surface area contributed by atoms with E-state index in [4.69, 9.17) is 0 Å². The SMILES string of the molecule is BrCc1ccc2c(c1)CCN2. The van der Waals surface area contributed by atoms with Crippen LogP contribution in [-0.4, -0.2) is 6.54 Å². The van der Waals surface area contributed by atoms with Crippen molar-refractivity contribution in [1.29, 1.82) is 0 Å². The highest BCUT2D eigenvalue weighted by molar-refractivity contribution is 9.08. The van der Waals surface area contributed by atoms with Gasteiger partial charge in [-0.3, -0.25) is 0 Å². The first kappa shape index (κ1) is 7.17. The minimum Gasteiger partial charge on any atom is -0.384 e. The molecule has 0 saturated heterocycles. The molecular formula is C9H10BrN. The van der Waals surface area contributed by atoms with Gasteiger partial charge in [0.2, 0.25) is 0 Å². The van der Waals surface area contributed by atoms with Crippen LogP contribution in [0.2, 0.25) is 0 Å². The van der Waals surface area contributed by atoms with Crippen molar-refractivity contribution in [2.75, 3.05) is 11.9 Å². The molecule has 1 aliphatic heterocycles. The second-order valence-electron chi connectivity index (χ2n) is 2.80. The Kier molecular flexibility index (Phi) is 1.86. The van der Waals surface area contributed by atoms with Crippen LogP contribution in [0.15, 0.2) is 18.2 Å². The van der Waals surface area contributed by atoms with E-state index < -0.39 is 0 Å². The molecule has 11 heavy (non-hydrogen) atoms. The molecule has 1 heterocycles. The second kappa shape index (κ2) is 2.86. The van der Waals surface area contributed by atoms with E-state index in [9.17, 15) is 0 Å². The molecule has 2 rings (SSSR count). The fourth-order valence-corrected chi connectivity index (χ4v) is 1.79. The fraction of sp³-hybridized carbons (Fsp3) is 0.333. The quantitative estimate of drug-likeness (QED) is 0.705. The van der Waals surface area contributed by atoms with Gasteiger partial charge in [-0.1, -0.05) is 28.1 Å². The first-order chi connectivity index (χ1) is 5.40. The van der Waals surface area contributed by atoms with Crippen molar-refractivity contribution in [2.24, 2.45) is 0 Å². The van der Waals surface area contributed by atoms with E-state index >= 15 is 0 Å². The van der Waals surface area contributed by atoms with Crippen LogP contribution in [0.4, 0.5) is 5.69 Å². The monoisotopic (exact) mass is 211 g/mol. The molecule has 1 aromatic rings. The number of benzene rings is 1. The number of alkyl halides is 1. The van der Waals surface area contributed by atoms with Gasteiger partial charge in [0.25, 0.3) is 0 Å². The number of fused-ring (bicyclic) bond motifs is 1. The molecule has 58 valence electrons. The molecule has 0 bridgehead atoms. The third-order valence-corrected chi connectivity index (χ3v) is 2.68. The van der Waals surface area contributed by atoms with Gasteiger partial charge in [-0.2, -0.15) is 0 Å². The number of halogens is 1. The van der Waals surface area contributed by atoms with Gasteiger partial charge < -0.3 is 5.32 Å². The maximum absolute atomic E-state index is 3.45. The number of anilines is 1. The number of rotatable bonds is 1. The van der Waals surface area contributed by atoms with Crippen LogP contribution in [0.5, 0.6) is 0 Å². The van der Waals surface area contributed by atoms with E-state index in [1.807, 2.05) is 0 Å². The summed E-state index contributed by atoms with van der Waals surface area (Å²) >= 11 is 3.45. The molecule has 0 unspecified atom stereocenters. The molecule has 1 nitrogen and oxygen atoms in total. The van der Waals surface area contributed by atoms with Crippen molar-refractivity contribution < 1.29 is 0 Å². The van der Waals surface area contributed by atoms with Crippen molar-refractivity contribution in [3.8, 4) is 0 Å². The summed E-state index contributed by atoms with van der Waals surface area (Å²) in [4.78, 5) is 0. The van der Waals surface area contributed by atoms with Crippen molar-refractivity contribution >= 4 is 21.6 Å². The molecule has 0 aliphatic carbocycles. The molecule has 1 aliphatic rings. The van der Waals surface area contributed by atoms with Crippen LogP contribution in [0.3, 0.4) is 0 Å². The first-order valence-electron chi connectivity index (χ1n) is 3.82. The predicted molar refractivity (Wildman–Crippen MR) is 51.3 cm³/mol. The summed E-state index contributed by atoms with van der Waals surface area (Å²) < 4.78 is 0. The Morgan fingerprint density at radius 2 is 2.36 bits per heavy atom. The lowest BCUT2D eigenvalue weighted by Gasteiger charge is -2.00. The summed E-state index contributed by atoms with van der Waals surface area (Å²) in [6, 6.07) is 6.59. The van der Waals surface area contributed by atoms with Crippen LogP contribution >= 0.6 is 15.9 Å². The molecule has 1 aromatic carbocycles. The van der Waals surface area contributed by atoms with E-state index in [1.54, 1.807) is 0 Å². The molecule has 0 radical (unpaired) electrons. The van der Waals surface area contributed by atoms with Gasteiger partial charge >= 0.3 is 0 Å². The first-order valence-corrected chi connectivity index (χ1v) is 4.94. The van der Waals surface area contributed by atoms with Crippen LogP contribution in [0.1, 0.15) is 11.1 Å². The number of hydrogen-bond donors (Lipinski definition) is 1. The van der Waals surface area contributed by atoms with Gasteiger partial charge in [0.05, 0.1) is 0 Å². The third kappa shape index (κ3) is 1.27. The fourth-order valence-electron chi connectivity index (χ4n) is 1.44. The summed E-state index contributed by atoms with van der Waals surface area (Å²) in [5.74, 6) is 0. The van der Waals surface area contributed by atoms with Gasteiger partial charge in [-0.15, -0.1) is 0 Å². The van der Waals surface area contributed by atoms with E-state index in [2.05, 4.69) is 39.4 Å². The van der Waals surface area contributed by atoms with Crippen molar-refractivity contribution in [3.63, 3.8) is 0 Å². The zero-order valence-electron chi connectivity index (χ0n) is 6.23. The van der Waals surface area contributed by atoms with Gasteiger partial charge in [0, 0.05) is 17.6 Å². The maximum Gasteiger partial charge on any atom is 0.0373 e. The molecule has 0 fully saturated rings. The van der Waals surface area contributed by atoms with Gasteiger partial charge in [-0.25, -0.2) is 0 Å².